The molecule has 0 amide bonds. The van der Waals surface area contributed by atoms with E-state index in [9.17, 15) is 0 Å². The van der Waals surface area contributed by atoms with Gasteiger partial charge in [-0.3, -0.25) is 0 Å². The van der Waals surface area contributed by atoms with E-state index in [0.29, 0.717) is 6.42 Å². The van der Waals surface area contributed by atoms with Crippen LogP contribution in [0, 0.1) is 18.3 Å². The maximum atomic E-state index is 8.40. The molecule has 1 atom stereocenters. The SMILES string of the molecule is Cc1ccsc1[C@H](N)CC#N. The van der Waals surface area contributed by atoms with Crippen molar-refractivity contribution in [3.63, 3.8) is 0 Å². The van der Waals surface area contributed by atoms with Crippen LogP contribution >= 0.6 is 11.3 Å². The van der Waals surface area contributed by atoms with Crippen LogP contribution in [0.5, 0.6) is 0 Å². The van der Waals surface area contributed by atoms with E-state index in [2.05, 4.69) is 6.07 Å². The lowest BCUT2D eigenvalue weighted by Crippen LogP contribution is -2.08. The van der Waals surface area contributed by atoms with E-state index >= 15 is 0 Å². The fourth-order valence-corrected chi connectivity index (χ4v) is 1.89. The van der Waals surface area contributed by atoms with Crippen LogP contribution in [-0.2, 0) is 0 Å². The van der Waals surface area contributed by atoms with Crippen molar-refractivity contribution < 1.29 is 0 Å². The largest absolute Gasteiger partial charge is 0.322 e. The van der Waals surface area contributed by atoms with Crippen molar-refractivity contribution in [2.75, 3.05) is 0 Å². The number of rotatable bonds is 2. The number of hydrogen-bond donors (Lipinski definition) is 1. The molecule has 0 aromatic carbocycles. The van der Waals surface area contributed by atoms with Crippen molar-refractivity contribution in [1.82, 2.24) is 0 Å². The topological polar surface area (TPSA) is 49.8 Å². The molecule has 11 heavy (non-hydrogen) atoms. The third-order valence-corrected chi connectivity index (χ3v) is 2.70. The highest BCUT2D eigenvalue weighted by atomic mass is 32.1. The molecule has 1 rings (SSSR count). The Hall–Kier alpha value is -0.850. The minimum Gasteiger partial charge on any atom is -0.322 e. The lowest BCUT2D eigenvalue weighted by atomic mass is 10.1. The van der Waals surface area contributed by atoms with Crippen molar-refractivity contribution in [2.45, 2.75) is 19.4 Å². The number of aryl methyl sites for hydroxylation is 1. The van der Waals surface area contributed by atoms with E-state index in [-0.39, 0.29) is 6.04 Å². The monoisotopic (exact) mass is 166 g/mol. The van der Waals surface area contributed by atoms with E-state index in [4.69, 9.17) is 11.0 Å². The lowest BCUT2D eigenvalue weighted by Gasteiger charge is -2.04. The molecule has 0 aliphatic heterocycles. The van der Waals surface area contributed by atoms with Gasteiger partial charge in [0, 0.05) is 4.88 Å². The molecule has 1 heterocycles. The van der Waals surface area contributed by atoms with E-state index in [0.717, 1.165) is 4.88 Å². The first-order chi connectivity index (χ1) is 5.25. The summed E-state index contributed by atoms with van der Waals surface area (Å²) in [6.07, 6.45) is 0.404. The fraction of sp³-hybridized carbons (Fsp3) is 0.375. The lowest BCUT2D eigenvalue weighted by molar-refractivity contribution is 0.759. The number of nitrogens with two attached hydrogens (primary N) is 1. The Labute approximate surface area is 70.3 Å². The molecule has 2 N–H and O–H groups in total. The fourth-order valence-electron chi connectivity index (χ4n) is 0.955. The van der Waals surface area contributed by atoms with Gasteiger partial charge < -0.3 is 5.73 Å². The highest BCUT2D eigenvalue weighted by molar-refractivity contribution is 7.10. The maximum Gasteiger partial charge on any atom is 0.0642 e. The molecule has 0 fully saturated rings. The number of nitriles is 1. The Morgan fingerprint density at radius 3 is 3.00 bits per heavy atom. The van der Waals surface area contributed by atoms with Crippen LogP contribution in [0.3, 0.4) is 0 Å². The van der Waals surface area contributed by atoms with Crippen molar-refractivity contribution >= 4 is 11.3 Å². The summed E-state index contributed by atoms with van der Waals surface area (Å²) in [7, 11) is 0. The average molecular weight is 166 g/mol. The Bertz CT molecular complexity index is 272. The zero-order valence-corrected chi connectivity index (χ0v) is 7.19. The molecule has 2 nitrogen and oxygen atoms in total. The zero-order chi connectivity index (χ0) is 8.27. The van der Waals surface area contributed by atoms with Crippen LogP contribution < -0.4 is 5.73 Å². The van der Waals surface area contributed by atoms with Gasteiger partial charge in [0.05, 0.1) is 18.5 Å². The van der Waals surface area contributed by atoms with Gasteiger partial charge in [-0.1, -0.05) is 0 Å². The Morgan fingerprint density at radius 1 is 1.82 bits per heavy atom. The van der Waals surface area contributed by atoms with Gasteiger partial charge in [-0.15, -0.1) is 11.3 Å². The smallest absolute Gasteiger partial charge is 0.0642 e. The summed E-state index contributed by atoms with van der Waals surface area (Å²) in [5.41, 5.74) is 6.93. The van der Waals surface area contributed by atoms with E-state index < -0.39 is 0 Å². The molecule has 58 valence electrons. The number of hydrogen-bond acceptors (Lipinski definition) is 3. The van der Waals surface area contributed by atoms with Crippen molar-refractivity contribution in [3.05, 3.63) is 21.9 Å². The third kappa shape index (κ3) is 1.79. The third-order valence-electron chi connectivity index (χ3n) is 1.55. The Kier molecular flexibility index (Phi) is 2.64. The molecule has 1 aromatic heterocycles. The maximum absolute atomic E-state index is 8.40. The summed E-state index contributed by atoms with van der Waals surface area (Å²) < 4.78 is 0. The second kappa shape index (κ2) is 3.51. The van der Waals surface area contributed by atoms with Gasteiger partial charge in [-0.05, 0) is 23.9 Å². The predicted molar refractivity (Wildman–Crippen MR) is 46.2 cm³/mol. The van der Waals surface area contributed by atoms with Gasteiger partial charge in [0.15, 0.2) is 0 Å². The van der Waals surface area contributed by atoms with Crippen LogP contribution in [-0.4, -0.2) is 0 Å². The standard InChI is InChI=1S/C8H10N2S/c1-6-3-5-11-8(6)7(10)2-4-9/h3,5,7H,2,10H2,1H3/t7-/m1/s1. The van der Waals surface area contributed by atoms with E-state index in [1.54, 1.807) is 11.3 Å². The summed E-state index contributed by atoms with van der Waals surface area (Å²) in [5.74, 6) is 0. The van der Waals surface area contributed by atoms with Gasteiger partial charge in [0.1, 0.15) is 0 Å². The summed E-state index contributed by atoms with van der Waals surface area (Å²) in [6.45, 7) is 2.02. The summed E-state index contributed by atoms with van der Waals surface area (Å²) >= 11 is 1.62. The van der Waals surface area contributed by atoms with Crippen LogP contribution in [0.4, 0.5) is 0 Å². The van der Waals surface area contributed by atoms with Crippen LogP contribution in [0.1, 0.15) is 22.9 Å². The molecule has 0 radical (unpaired) electrons. The minimum atomic E-state index is -0.0972. The molecular weight excluding hydrogens is 156 g/mol. The molecule has 0 bridgehead atoms. The minimum absolute atomic E-state index is 0.0972. The molecule has 0 unspecified atom stereocenters. The first-order valence-corrected chi connectivity index (χ1v) is 4.30. The zero-order valence-electron chi connectivity index (χ0n) is 6.37. The number of nitrogens with zero attached hydrogens (tertiary/aromatic N) is 1. The molecule has 3 heteroatoms. The highest BCUT2D eigenvalue weighted by Gasteiger charge is 2.08. The molecule has 0 aliphatic carbocycles. The predicted octanol–water partition coefficient (Wildman–Crippen LogP) is 1.97. The first-order valence-electron chi connectivity index (χ1n) is 3.42. The summed E-state index contributed by atoms with van der Waals surface area (Å²) in [6, 6.07) is 3.99. The molecular formula is C8H10N2S. The van der Waals surface area contributed by atoms with Gasteiger partial charge in [0.25, 0.3) is 0 Å². The Balaban J connectivity index is 2.77. The highest BCUT2D eigenvalue weighted by Crippen LogP contribution is 2.23. The molecule has 0 spiro atoms. The summed E-state index contributed by atoms with van der Waals surface area (Å²) in [5, 5.41) is 10.4. The van der Waals surface area contributed by atoms with Crippen molar-refractivity contribution in [2.24, 2.45) is 5.73 Å². The van der Waals surface area contributed by atoms with Gasteiger partial charge >= 0.3 is 0 Å². The van der Waals surface area contributed by atoms with Crippen LogP contribution in [0.2, 0.25) is 0 Å². The summed E-state index contributed by atoms with van der Waals surface area (Å²) in [4.78, 5) is 1.13. The molecule has 0 saturated heterocycles. The quantitative estimate of drug-likeness (QED) is 0.730. The van der Waals surface area contributed by atoms with E-state index in [1.807, 2.05) is 18.4 Å². The normalized spacial score (nSPS) is 12.5. The molecule has 0 aliphatic rings. The second-order valence-electron chi connectivity index (χ2n) is 2.44. The van der Waals surface area contributed by atoms with Gasteiger partial charge in [0.2, 0.25) is 0 Å². The van der Waals surface area contributed by atoms with Gasteiger partial charge in [-0.25, -0.2) is 0 Å². The van der Waals surface area contributed by atoms with Crippen molar-refractivity contribution in [3.8, 4) is 6.07 Å². The Morgan fingerprint density at radius 2 is 2.55 bits per heavy atom. The van der Waals surface area contributed by atoms with Gasteiger partial charge in [-0.2, -0.15) is 5.26 Å². The average Bonchev–Trinajstić information content (AvgIpc) is 2.36. The first kappa shape index (κ1) is 8.25. The van der Waals surface area contributed by atoms with Crippen LogP contribution in [0.15, 0.2) is 11.4 Å². The van der Waals surface area contributed by atoms with E-state index in [1.165, 1.54) is 5.56 Å². The second-order valence-corrected chi connectivity index (χ2v) is 3.38. The number of thiophene rings is 1. The van der Waals surface area contributed by atoms with Crippen LogP contribution in [0.25, 0.3) is 0 Å². The molecule has 1 aromatic rings. The van der Waals surface area contributed by atoms with Crippen molar-refractivity contribution in [1.29, 1.82) is 5.26 Å². The molecule has 0 saturated carbocycles.